The number of rotatable bonds is 1. The van der Waals surface area contributed by atoms with E-state index < -0.39 is 36.7 Å². The molecule has 76 valence electrons. The van der Waals surface area contributed by atoms with Crippen molar-refractivity contribution in [3.8, 4) is 0 Å². The second kappa shape index (κ2) is 3.54. The van der Waals surface area contributed by atoms with Crippen molar-refractivity contribution in [1.82, 2.24) is 0 Å². The monoisotopic (exact) mass is 196 g/mol. The second-order valence-electron chi connectivity index (χ2n) is 2.71. The van der Waals surface area contributed by atoms with Crippen molar-refractivity contribution < 1.29 is 34.3 Å². The van der Waals surface area contributed by atoms with E-state index in [-0.39, 0.29) is 0 Å². The van der Waals surface area contributed by atoms with Gasteiger partial charge in [0.2, 0.25) is 0 Å². The number of aliphatic hydroxyl groups is 3. The van der Waals surface area contributed by atoms with Gasteiger partial charge in [0.05, 0.1) is 0 Å². The minimum Gasteiger partial charge on any atom is -0.479 e. The number of ether oxygens (including phenoxy) is 1. The number of carboxylic acid groups (broad SMARTS) is 1. The molecule has 0 aliphatic carbocycles. The lowest BCUT2D eigenvalue weighted by Gasteiger charge is -2.34. The van der Waals surface area contributed by atoms with E-state index in [9.17, 15) is 9.18 Å². The van der Waals surface area contributed by atoms with E-state index >= 15 is 0 Å². The Morgan fingerprint density at radius 1 is 1.23 bits per heavy atom. The summed E-state index contributed by atoms with van der Waals surface area (Å²) in [4.78, 5) is 10.3. The molecule has 5 atom stereocenters. The minimum atomic E-state index is -2.25. The molecule has 4 N–H and O–H groups in total. The molecule has 1 saturated heterocycles. The number of hydrogen-bond acceptors (Lipinski definition) is 5. The van der Waals surface area contributed by atoms with Gasteiger partial charge in [-0.2, -0.15) is 0 Å². The summed E-state index contributed by atoms with van der Waals surface area (Å²) in [5, 5.41) is 35.0. The van der Waals surface area contributed by atoms with Crippen LogP contribution < -0.4 is 0 Å². The first-order valence-corrected chi connectivity index (χ1v) is 3.51. The summed E-state index contributed by atoms with van der Waals surface area (Å²) in [5.74, 6) is -1.64. The minimum absolute atomic E-state index is 1.64. The number of hydrogen-bond donors (Lipinski definition) is 4. The van der Waals surface area contributed by atoms with Crippen LogP contribution in [-0.4, -0.2) is 57.2 Å². The van der Waals surface area contributed by atoms with Crippen molar-refractivity contribution >= 4 is 5.97 Å². The van der Waals surface area contributed by atoms with Crippen LogP contribution in [-0.2, 0) is 9.53 Å². The number of aliphatic hydroxyl groups excluding tert-OH is 3. The largest absolute Gasteiger partial charge is 0.479 e. The molecule has 0 bridgehead atoms. The topological polar surface area (TPSA) is 107 Å². The van der Waals surface area contributed by atoms with Crippen LogP contribution >= 0.6 is 0 Å². The number of carboxylic acids is 1. The molecular weight excluding hydrogens is 187 g/mol. The van der Waals surface area contributed by atoms with E-state index in [0.717, 1.165) is 0 Å². The van der Waals surface area contributed by atoms with Gasteiger partial charge in [-0.25, -0.2) is 9.18 Å². The molecule has 0 amide bonds. The highest BCUT2D eigenvalue weighted by molar-refractivity contribution is 5.73. The zero-order chi connectivity index (χ0) is 10.2. The molecular formula is C6H9FO6. The lowest BCUT2D eigenvalue weighted by Crippen LogP contribution is -2.58. The van der Waals surface area contributed by atoms with Crippen LogP contribution in [0, 0.1) is 0 Å². The second-order valence-corrected chi connectivity index (χ2v) is 2.71. The van der Waals surface area contributed by atoms with Crippen molar-refractivity contribution in [2.75, 3.05) is 0 Å². The highest BCUT2D eigenvalue weighted by Gasteiger charge is 2.47. The number of halogens is 1. The first-order valence-electron chi connectivity index (χ1n) is 3.51. The van der Waals surface area contributed by atoms with Crippen LogP contribution in [0.4, 0.5) is 4.39 Å². The third-order valence-electron chi connectivity index (χ3n) is 1.79. The van der Waals surface area contributed by atoms with Gasteiger partial charge in [0.1, 0.15) is 12.2 Å². The van der Waals surface area contributed by atoms with Crippen molar-refractivity contribution in [3.05, 3.63) is 0 Å². The van der Waals surface area contributed by atoms with Crippen LogP contribution in [0.3, 0.4) is 0 Å². The normalized spacial score (nSPS) is 46.0. The third kappa shape index (κ3) is 1.78. The molecule has 1 aliphatic heterocycles. The van der Waals surface area contributed by atoms with E-state index in [2.05, 4.69) is 4.74 Å². The van der Waals surface area contributed by atoms with Gasteiger partial charge < -0.3 is 25.2 Å². The van der Waals surface area contributed by atoms with Crippen LogP contribution in [0.25, 0.3) is 0 Å². The highest BCUT2D eigenvalue weighted by atomic mass is 19.1. The third-order valence-corrected chi connectivity index (χ3v) is 1.79. The Labute approximate surface area is 72.2 Å². The van der Waals surface area contributed by atoms with E-state index in [1.165, 1.54) is 0 Å². The molecule has 1 heterocycles. The van der Waals surface area contributed by atoms with Crippen molar-refractivity contribution in [1.29, 1.82) is 0 Å². The van der Waals surface area contributed by atoms with Gasteiger partial charge in [-0.05, 0) is 0 Å². The number of alkyl halides is 1. The van der Waals surface area contributed by atoms with E-state index in [4.69, 9.17) is 20.4 Å². The fraction of sp³-hybridized carbons (Fsp3) is 0.833. The first-order chi connectivity index (χ1) is 5.95. The van der Waals surface area contributed by atoms with E-state index in [0.29, 0.717) is 0 Å². The average Bonchev–Trinajstić information content (AvgIpc) is 2.07. The molecule has 6 nitrogen and oxygen atoms in total. The molecule has 1 fully saturated rings. The fourth-order valence-corrected chi connectivity index (χ4v) is 1.04. The Kier molecular flexibility index (Phi) is 2.81. The quantitative estimate of drug-likeness (QED) is 0.381. The Bertz CT molecular complexity index is 209. The lowest BCUT2D eigenvalue weighted by molar-refractivity contribution is -0.269. The molecule has 1 aliphatic rings. The maximum Gasteiger partial charge on any atom is 0.336 e. The Morgan fingerprint density at radius 3 is 2.23 bits per heavy atom. The van der Waals surface area contributed by atoms with Crippen LogP contribution in [0.5, 0.6) is 0 Å². The zero-order valence-corrected chi connectivity index (χ0v) is 6.37. The Morgan fingerprint density at radius 2 is 1.77 bits per heavy atom. The number of aliphatic carboxylic acids is 1. The van der Waals surface area contributed by atoms with Crippen LogP contribution in [0.2, 0.25) is 0 Å². The summed E-state index contributed by atoms with van der Waals surface area (Å²) in [6.07, 6.45) is -9.87. The summed E-state index contributed by atoms with van der Waals surface area (Å²) in [5.41, 5.74) is 0. The molecule has 7 heteroatoms. The highest BCUT2D eigenvalue weighted by Crippen LogP contribution is 2.22. The predicted octanol–water partition coefficient (Wildman–Crippen LogP) is -2.15. The summed E-state index contributed by atoms with van der Waals surface area (Å²) >= 11 is 0. The predicted molar refractivity (Wildman–Crippen MR) is 35.4 cm³/mol. The molecule has 0 spiro atoms. The average molecular weight is 196 g/mol. The summed E-state index contributed by atoms with van der Waals surface area (Å²) < 4.78 is 17.1. The van der Waals surface area contributed by atoms with Gasteiger partial charge in [0, 0.05) is 0 Å². The smallest absolute Gasteiger partial charge is 0.336 e. The lowest BCUT2D eigenvalue weighted by atomic mass is 10.0. The standard InChI is InChI=1S/C6H9FO6/c7-1-2(8)3(9)6(12)13-4(1)5(10)11/h1-4,6,8-9,12H,(H,10,11). The van der Waals surface area contributed by atoms with Crippen molar-refractivity contribution in [2.45, 2.75) is 30.8 Å². The van der Waals surface area contributed by atoms with E-state index in [1.807, 2.05) is 0 Å². The van der Waals surface area contributed by atoms with Crippen molar-refractivity contribution in [2.24, 2.45) is 0 Å². The Balaban J connectivity index is 2.76. The molecule has 0 radical (unpaired) electrons. The van der Waals surface area contributed by atoms with Gasteiger partial charge in [-0.3, -0.25) is 0 Å². The molecule has 13 heavy (non-hydrogen) atoms. The molecule has 0 saturated carbocycles. The van der Waals surface area contributed by atoms with Gasteiger partial charge in [-0.1, -0.05) is 0 Å². The number of carbonyl (C=O) groups is 1. The summed E-state index contributed by atoms with van der Waals surface area (Å²) in [6, 6.07) is 0. The van der Waals surface area contributed by atoms with Crippen LogP contribution in [0.15, 0.2) is 0 Å². The van der Waals surface area contributed by atoms with Gasteiger partial charge >= 0.3 is 5.97 Å². The molecule has 0 aromatic rings. The van der Waals surface area contributed by atoms with E-state index in [1.54, 1.807) is 0 Å². The summed E-state index contributed by atoms with van der Waals surface area (Å²) in [6.45, 7) is 0. The maximum absolute atomic E-state index is 12.9. The van der Waals surface area contributed by atoms with Gasteiger partial charge in [0.25, 0.3) is 0 Å². The van der Waals surface area contributed by atoms with Crippen molar-refractivity contribution in [3.63, 3.8) is 0 Å². The molecule has 0 aromatic carbocycles. The SMILES string of the molecule is O=C(O)C1OC(O)C(O)C(O)C1F. The summed E-state index contributed by atoms with van der Waals surface area (Å²) in [7, 11) is 0. The van der Waals surface area contributed by atoms with Gasteiger partial charge in [0.15, 0.2) is 18.6 Å². The fourth-order valence-electron chi connectivity index (χ4n) is 1.04. The van der Waals surface area contributed by atoms with Gasteiger partial charge in [-0.15, -0.1) is 0 Å². The van der Waals surface area contributed by atoms with Crippen LogP contribution in [0.1, 0.15) is 0 Å². The molecule has 0 aromatic heterocycles. The maximum atomic E-state index is 12.9. The zero-order valence-electron chi connectivity index (χ0n) is 6.37. The molecule has 1 rings (SSSR count). The molecule has 5 unspecified atom stereocenters. The Hall–Kier alpha value is -0.760. The first kappa shape index (κ1) is 10.3.